The SMILES string of the molecule is C[C@@H]1C[C@@H]2C(=CCCC2(C)C)C[C@H]1/C=N\NC(=O)CNC(=O)C(c1ccccc1)c1ccccc1. The van der Waals surface area contributed by atoms with Crippen LogP contribution in [0, 0.1) is 23.2 Å². The number of allylic oxidation sites excluding steroid dienone is 2. The molecule has 0 aliphatic heterocycles. The summed E-state index contributed by atoms with van der Waals surface area (Å²) < 4.78 is 0. The van der Waals surface area contributed by atoms with Crippen LogP contribution in [-0.2, 0) is 9.59 Å². The van der Waals surface area contributed by atoms with Crippen LogP contribution in [0.25, 0.3) is 0 Å². The molecule has 4 rings (SSSR count). The van der Waals surface area contributed by atoms with Crippen molar-refractivity contribution >= 4 is 18.0 Å². The second-order valence-corrected chi connectivity index (χ2v) is 10.7. The zero-order valence-electron chi connectivity index (χ0n) is 21.0. The van der Waals surface area contributed by atoms with Gasteiger partial charge in [-0.15, -0.1) is 0 Å². The molecule has 2 aromatic rings. The van der Waals surface area contributed by atoms with Gasteiger partial charge in [-0.25, -0.2) is 5.43 Å². The van der Waals surface area contributed by atoms with Crippen molar-refractivity contribution in [2.75, 3.05) is 6.54 Å². The van der Waals surface area contributed by atoms with E-state index in [1.54, 1.807) is 5.57 Å². The number of fused-ring (bicyclic) bond motifs is 1. The quantitative estimate of drug-likeness (QED) is 0.320. The maximum Gasteiger partial charge on any atom is 0.259 e. The summed E-state index contributed by atoms with van der Waals surface area (Å²) in [6.07, 6.45) is 8.90. The zero-order chi connectivity index (χ0) is 24.8. The van der Waals surface area contributed by atoms with E-state index in [-0.39, 0.29) is 18.4 Å². The first-order valence-electron chi connectivity index (χ1n) is 12.7. The van der Waals surface area contributed by atoms with Crippen molar-refractivity contribution in [1.82, 2.24) is 10.7 Å². The topological polar surface area (TPSA) is 70.6 Å². The summed E-state index contributed by atoms with van der Waals surface area (Å²) in [5.74, 6) is 0.490. The first kappa shape index (κ1) is 24.9. The molecule has 0 bridgehead atoms. The molecule has 0 aromatic heterocycles. The lowest BCUT2D eigenvalue weighted by Gasteiger charge is -2.46. The van der Waals surface area contributed by atoms with Crippen molar-refractivity contribution in [3.05, 3.63) is 83.4 Å². The monoisotopic (exact) mass is 471 g/mol. The number of carbonyl (C=O) groups excluding carboxylic acids is 2. The molecule has 0 unspecified atom stereocenters. The van der Waals surface area contributed by atoms with E-state index in [2.05, 4.69) is 42.7 Å². The molecule has 2 N–H and O–H groups in total. The van der Waals surface area contributed by atoms with E-state index in [1.807, 2.05) is 66.9 Å². The smallest absolute Gasteiger partial charge is 0.259 e. The number of nitrogens with zero attached hydrogens (tertiary/aromatic N) is 1. The van der Waals surface area contributed by atoms with Crippen molar-refractivity contribution in [3.8, 4) is 0 Å². The highest BCUT2D eigenvalue weighted by Crippen LogP contribution is 2.50. The Bertz CT molecular complexity index is 1040. The molecule has 3 atom stereocenters. The van der Waals surface area contributed by atoms with Gasteiger partial charge < -0.3 is 5.32 Å². The Balaban J connectivity index is 1.32. The van der Waals surface area contributed by atoms with Gasteiger partial charge in [0.15, 0.2) is 0 Å². The molecule has 1 fully saturated rings. The third-order valence-electron chi connectivity index (χ3n) is 7.80. The van der Waals surface area contributed by atoms with Gasteiger partial charge in [0.2, 0.25) is 5.91 Å². The number of nitrogens with one attached hydrogen (secondary N) is 2. The lowest BCUT2D eigenvalue weighted by Crippen LogP contribution is -2.38. The van der Waals surface area contributed by atoms with Crippen molar-refractivity contribution in [3.63, 3.8) is 0 Å². The third kappa shape index (κ3) is 6.08. The van der Waals surface area contributed by atoms with Crippen molar-refractivity contribution < 1.29 is 9.59 Å². The summed E-state index contributed by atoms with van der Waals surface area (Å²) in [6.45, 7) is 6.95. The molecule has 0 saturated heterocycles. The average Bonchev–Trinajstić information content (AvgIpc) is 2.85. The van der Waals surface area contributed by atoms with Gasteiger partial charge in [0.25, 0.3) is 5.91 Å². The van der Waals surface area contributed by atoms with E-state index < -0.39 is 5.92 Å². The molecule has 2 aliphatic carbocycles. The van der Waals surface area contributed by atoms with Crippen LogP contribution in [0.15, 0.2) is 77.4 Å². The summed E-state index contributed by atoms with van der Waals surface area (Å²) in [7, 11) is 0. The fourth-order valence-corrected chi connectivity index (χ4v) is 5.66. The van der Waals surface area contributed by atoms with Crippen LogP contribution in [0.3, 0.4) is 0 Å². The average molecular weight is 472 g/mol. The Morgan fingerprint density at radius 3 is 2.31 bits per heavy atom. The minimum atomic E-state index is -0.474. The van der Waals surface area contributed by atoms with Gasteiger partial charge in [-0.3, -0.25) is 9.59 Å². The molecule has 5 nitrogen and oxygen atoms in total. The number of hydrazone groups is 1. The van der Waals surface area contributed by atoms with E-state index in [0.717, 1.165) is 24.0 Å². The standard InChI is InChI=1S/C30H37N3O2/c1-21-17-26-24(15-10-16-30(26,2)3)18-25(21)19-32-33-27(34)20-31-29(35)28(22-11-6-4-7-12-22)23-13-8-5-9-14-23/h4-9,11-15,19,21,25-26,28H,10,16-18,20H2,1-3H3,(H,31,35)(H,33,34)/b32-19-/t21-,25+,26-/m1/s1. The molecule has 2 aliphatic rings. The summed E-state index contributed by atoms with van der Waals surface area (Å²) in [6, 6.07) is 19.2. The van der Waals surface area contributed by atoms with Crippen LogP contribution in [0.4, 0.5) is 0 Å². The van der Waals surface area contributed by atoms with E-state index >= 15 is 0 Å². The van der Waals surface area contributed by atoms with E-state index in [9.17, 15) is 9.59 Å². The highest BCUT2D eigenvalue weighted by Gasteiger charge is 2.40. The zero-order valence-corrected chi connectivity index (χ0v) is 21.0. The minimum Gasteiger partial charge on any atom is -0.346 e. The summed E-state index contributed by atoms with van der Waals surface area (Å²) in [5, 5.41) is 7.04. The van der Waals surface area contributed by atoms with Gasteiger partial charge in [0.05, 0.1) is 12.5 Å². The van der Waals surface area contributed by atoms with Gasteiger partial charge >= 0.3 is 0 Å². The van der Waals surface area contributed by atoms with Crippen LogP contribution < -0.4 is 10.7 Å². The molecule has 184 valence electrons. The van der Waals surface area contributed by atoms with Gasteiger partial charge in [-0.05, 0) is 54.1 Å². The predicted octanol–water partition coefficient (Wildman–Crippen LogP) is 5.45. The molecule has 5 heteroatoms. The van der Waals surface area contributed by atoms with Gasteiger partial charge in [-0.2, -0.15) is 5.10 Å². The minimum absolute atomic E-state index is 0.117. The Hall–Kier alpha value is -3.21. The van der Waals surface area contributed by atoms with Gasteiger partial charge in [-0.1, -0.05) is 93.1 Å². The first-order valence-corrected chi connectivity index (χ1v) is 12.7. The van der Waals surface area contributed by atoms with Crippen LogP contribution in [-0.4, -0.2) is 24.6 Å². The van der Waals surface area contributed by atoms with Gasteiger partial charge in [0, 0.05) is 12.1 Å². The summed E-state index contributed by atoms with van der Waals surface area (Å²) in [4.78, 5) is 25.5. The van der Waals surface area contributed by atoms with Crippen molar-refractivity contribution in [2.45, 2.75) is 52.4 Å². The normalized spacial score (nSPS) is 23.4. The van der Waals surface area contributed by atoms with E-state index in [1.165, 1.54) is 12.8 Å². The Morgan fingerprint density at radius 1 is 1.06 bits per heavy atom. The largest absolute Gasteiger partial charge is 0.346 e. The molecule has 2 amide bonds. The molecular weight excluding hydrogens is 434 g/mol. The molecular formula is C30H37N3O2. The van der Waals surface area contributed by atoms with Crippen LogP contribution >= 0.6 is 0 Å². The summed E-state index contributed by atoms with van der Waals surface area (Å²) in [5.41, 5.74) is 6.31. The maximum absolute atomic E-state index is 13.1. The highest BCUT2D eigenvalue weighted by atomic mass is 16.2. The Morgan fingerprint density at radius 2 is 1.69 bits per heavy atom. The summed E-state index contributed by atoms with van der Waals surface area (Å²) >= 11 is 0. The maximum atomic E-state index is 13.1. The lowest BCUT2D eigenvalue weighted by atomic mass is 9.59. The number of amides is 2. The molecule has 0 radical (unpaired) electrons. The molecule has 35 heavy (non-hydrogen) atoms. The van der Waals surface area contributed by atoms with Gasteiger partial charge in [0.1, 0.15) is 0 Å². The number of hydrogen-bond acceptors (Lipinski definition) is 3. The van der Waals surface area contributed by atoms with E-state index in [4.69, 9.17) is 0 Å². The fraction of sp³-hybridized carbons (Fsp3) is 0.433. The molecule has 0 spiro atoms. The van der Waals surface area contributed by atoms with Crippen LogP contribution in [0.1, 0.15) is 63.5 Å². The lowest BCUT2D eigenvalue weighted by molar-refractivity contribution is -0.126. The Labute approximate surface area is 209 Å². The predicted molar refractivity (Wildman–Crippen MR) is 141 cm³/mol. The van der Waals surface area contributed by atoms with E-state index in [0.29, 0.717) is 23.2 Å². The van der Waals surface area contributed by atoms with Crippen molar-refractivity contribution in [1.29, 1.82) is 0 Å². The number of carbonyl (C=O) groups is 2. The number of benzene rings is 2. The molecule has 2 aromatic carbocycles. The third-order valence-corrected chi connectivity index (χ3v) is 7.80. The van der Waals surface area contributed by atoms with Crippen LogP contribution in [0.5, 0.6) is 0 Å². The van der Waals surface area contributed by atoms with Crippen LogP contribution in [0.2, 0.25) is 0 Å². The Kier molecular flexibility index (Phi) is 7.84. The molecule has 0 heterocycles. The number of hydrogen-bond donors (Lipinski definition) is 2. The second-order valence-electron chi connectivity index (χ2n) is 10.7. The fourth-order valence-electron chi connectivity index (χ4n) is 5.66. The molecule has 1 saturated carbocycles. The second kappa shape index (κ2) is 11.0. The first-order chi connectivity index (χ1) is 16.8. The van der Waals surface area contributed by atoms with Crippen molar-refractivity contribution in [2.24, 2.45) is 28.3 Å². The highest BCUT2D eigenvalue weighted by molar-refractivity contribution is 5.90. The number of rotatable bonds is 7.